The second-order valence-corrected chi connectivity index (χ2v) is 10.2. The van der Waals surface area contributed by atoms with E-state index in [4.69, 9.17) is 4.74 Å². The van der Waals surface area contributed by atoms with Crippen LogP contribution < -0.4 is 5.32 Å². The van der Waals surface area contributed by atoms with Crippen LogP contribution in [0.3, 0.4) is 0 Å². The smallest absolute Gasteiger partial charge is 0.158 e. The Balaban J connectivity index is 1.36. The number of aryl methyl sites for hydroxylation is 1. The highest BCUT2D eigenvalue weighted by Crippen LogP contribution is 2.41. The number of fused-ring (bicyclic) bond motifs is 2. The lowest BCUT2D eigenvalue weighted by Crippen LogP contribution is -2.51. The van der Waals surface area contributed by atoms with Crippen molar-refractivity contribution in [3.8, 4) is 11.3 Å². The Kier molecular flexibility index (Phi) is 5.37. The molecule has 0 bridgehead atoms. The van der Waals surface area contributed by atoms with Crippen molar-refractivity contribution < 1.29 is 9.13 Å². The van der Waals surface area contributed by atoms with Crippen LogP contribution in [0.4, 0.5) is 4.39 Å². The molecule has 2 aliphatic rings. The normalized spacial score (nSPS) is 21.6. The van der Waals surface area contributed by atoms with Gasteiger partial charge in [-0.05, 0) is 55.7 Å². The van der Waals surface area contributed by atoms with Gasteiger partial charge in [0.1, 0.15) is 6.33 Å². The van der Waals surface area contributed by atoms with E-state index in [2.05, 4.69) is 45.3 Å². The number of pyridine rings is 2. The minimum absolute atomic E-state index is 0.143. The Hall–Kier alpha value is -2.84. The number of nitrogens with zero attached hydrogens (tertiary/aromatic N) is 4. The fourth-order valence-electron chi connectivity index (χ4n) is 5.71. The number of hydrogen-bond acceptors (Lipinski definition) is 5. The largest absolute Gasteiger partial charge is 0.378 e. The summed E-state index contributed by atoms with van der Waals surface area (Å²) in [6.45, 7) is 7.88. The SMILES string of the molecule is Cc1cc(-c2[nH]c3cnc(C4CCC(NC5COC5)CC4)c(F)c3c2C(C)C)cn2ncnc12. The van der Waals surface area contributed by atoms with E-state index in [0.29, 0.717) is 23.2 Å². The van der Waals surface area contributed by atoms with Gasteiger partial charge in [0.05, 0.1) is 42.4 Å². The number of aromatic amines is 1. The molecule has 2 N–H and O–H groups in total. The Morgan fingerprint density at radius 3 is 2.65 bits per heavy atom. The number of ether oxygens (including phenoxy) is 1. The van der Waals surface area contributed by atoms with Crippen molar-refractivity contribution in [2.24, 2.45) is 0 Å². The van der Waals surface area contributed by atoms with Gasteiger partial charge in [0.2, 0.25) is 0 Å². The summed E-state index contributed by atoms with van der Waals surface area (Å²) in [5, 5.41) is 8.67. The summed E-state index contributed by atoms with van der Waals surface area (Å²) in [4.78, 5) is 12.4. The first-order valence-electron chi connectivity index (χ1n) is 12.3. The third kappa shape index (κ3) is 3.60. The van der Waals surface area contributed by atoms with Gasteiger partial charge in [-0.3, -0.25) is 4.98 Å². The molecule has 4 aromatic heterocycles. The molecular formula is C26H31FN6O. The minimum Gasteiger partial charge on any atom is -0.378 e. The molecule has 6 rings (SSSR count). The number of hydrogen-bond donors (Lipinski definition) is 2. The third-order valence-electron chi connectivity index (χ3n) is 7.49. The zero-order valence-corrected chi connectivity index (χ0v) is 19.9. The highest BCUT2D eigenvalue weighted by Gasteiger charge is 2.30. The molecule has 0 radical (unpaired) electrons. The molecule has 4 aromatic rings. The van der Waals surface area contributed by atoms with E-state index in [-0.39, 0.29) is 17.7 Å². The van der Waals surface area contributed by atoms with E-state index in [9.17, 15) is 0 Å². The van der Waals surface area contributed by atoms with Crippen LogP contribution in [0.5, 0.6) is 0 Å². The van der Waals surface area contributed by atoms with Crippen molar-refractivity contribution in [2.75, 3.05) is 13.2 Å². The average Bonchev–Trinajstić information content (AvgIpc) is 3.42. The minimum atomic E-state index is -0.161. The van der Waals surface area contributed by atoms with Crippen molar-refractivity contribution in [3.05, 3.63) is 47.4 Å². The van der Waals surface area contributed by atoms with Crippen LogP contribution in [-0.2, 0) is 4.74 Å². The van der Waals surface area contributed by atoms with Gasteiger partial charge in [-0.25, -0.2) is 13.9 Å². The second-order valence-electron chi connectivity index (χ2n) is 10.2. The van der Waals surface area contributed by atoms with Gasteiger partial charge in [0.25, 0.3) is 0 Å². The van der Waals surface area contributed by atoms with Crippen molar-refractivity contribution in [2.45, 2.75) is 70.4 Å². The molecule has 0 amide bonds. The fraction of sp³-hybridized carbons (Fsp3) is 0.500. The number of H-pyrrole nitrogens is 1. The molecule has 1 aliphatic carbocycles. The highest BCUT2D eigenvalue weighted by molar-refractivity contribution is 5.92. The van der Waals surface area contributed by atoms with Gasteiger partial charge in [0.15, 0.2) is 11.5 Å². The Labute approximate surface area is 198 Å². The molecule has 7 nitrogen and oxygen atoms in total. The van der Waals surface area contributed by atoms with Crippen LogP contribution in [0.1, 0.15) is 68.2 Å². The summed E-state index contributed by atoms with van der Waals surface area (Å²) in [5.41, 5.74) is 6.12. The first-order valence-corrected chi connectivity index (χ1v) is 12.3. The second kappa shape index (κ2) is 8.43. The van der Waals surface area contributed by atoms with Crippen LogP contribution in [0.25, 0.3) is 27.8 Å². The molecule has 1 aliphatic heterocycles. The van der Waals surface area contributed by atoms with E-state index in [1.54, 1.807) is 10.8 Å². The van der Waals surface area contributed by atoms with E-state index in [0.717, 1.165) is 72.4 Å². The molecule has 5 heterocycles. The lowest BCUT2D eigenvalue weighted by molar-refractivity contribution is -0.0121. The Bertz CT molecular complexity index is 1350. The van der Waals surface area contributed by atoms with Gasteiger partial charge in [-0.2, -0.15) is 5.10 Å². The van der Waals surface area contributed by atoms with E-state index < -0.39 is 0 Å². The van der Waals surface area contributed by atoms with Crippen LogP contribution >= 0.6 is 0 Å². The number of rotatable bonds is 5. The van der Waals surface area contributed by atoms with E-state index in [1.807, 2.05) is 19.3 Å². The summed E-state index contributed by atoms with van der Waals surface area (Å²) < 4.78 is 23.2. The standard InChI is InChI=1S/C26H31FN6O/c1-14(2)21-22-20(32-24(21)17-8-15(3)26-29-13-30-33(26)10-17)9-28-25(23(22)27)16-4-6-18(7-5-16)31-19-11-34-12-19/h8-10,13-14,16,18-19,31-32H,4-7,11-12H2,1-3H3. The molecule has 8 heteroatoms. The van der Waals surface area contributed by atoms with Crippen LogP contribution in [-0.4, -0.2) is 49.9 Å². The maximum atomic E-state index is 16.1. The van der Waals surface area contributed by atoms with E-state index in [1.165, 1.54) is 0 Å². The van der Waals surface area contributed by atoms with Gasteiger partial charge < -0.3 is 15.0 Å². The topological polar surface area (TPSA) is 80.1 Å². The Morgan fingerprint density at radius 1 is 1.15 bits per heavy atom. The maximum absolute atomic E-state index is 16.1. The predicted octanol–water partition coefficient (Wildman–Crippen LogP) is 4.86. The van der Waals surface area contributed by atoms with Gasteiger partial charge >= 0.3 is 0 Å². The number of nitrogens with one attached hydrogen (secondary N) is 2. The monoisotopic (exact) mass is 462 g/mol. The van der Waals surface area contributed by atoms with E-state index >= 15 is 4.39 Å². The maximum Gasteiger partial charge on any atom is 0.158 e. The summed E-state index contributed by atoms with van der Waals surface area (Å²) in [6, 6.07) is 3.07. The zero-order chi connectivity index (χ0) is 23.4. The molecule has 1 saturated heterocycles. The molecule has 0 spiro atoms. The zero-order valence-electron chi connectivity index (χ0n) is 19.9. The quantitative estimate of drug-likeness (QED) is 0.443. The number of halogens is 1. The molecule has 34 heavy (non-hydrogen) atoms. The fourth-order valence-corrected chi connectivity index (χ4v) is 5.71. The van der Waals surface area contributed by atoms with Crippen molar-refractivity contribution in [1.82, 2.24) is 29.9 Å². The molecule has 178 valence electrons. The predicted molar refractivity (Wildman–Crippen MR) is 130 cm³/mol. The lowest BCUT2D eigenvalue weighted by Gasteiger charge is -2.35. The molecule has 1 saturated carbocycles. The molecule has 0 aromatic carbocycles. The van der Waals surface area contributed by atoms with Crippen molar-refractivity contribution in [1.29, 1.82) is 0 Å². The van der Waals surface area contributed by atoms with Crippen molar-refractivity contribution >= 4 is 16.6 Å². The summed E-state index contributed by atoms with van der Waals surface area (Å²) >= 11 is 0. The molecule has 2 fully saturated rings. The van der Waals surface area contributed by atoms with Crippen LogP contribution in [0, 0.1) is 12.7 Å². The highest BCUT2D eigenvalue weighted by atomic mass is 19.1. The average molecular weight is 463 g/mol. The number of aromatic nitrogens is 5. The molecule has 0 unspecified atom stereocenters. The summed E-state index contributed by atoms with van der Waals surface area (Å²) in [5.74, 6) is 0.142. The van der Waals surface area contributed by atoms with Gasteiger partial charge in [0, 0.05) is 29.1 Å². The van der Waals surface area contributed by atoms with Crippen LogP contribution in [0.2, 0.25) is 0 Å². The van der Waals surface area contributed by atoms with Gasteiger partial charge in [-0.1, -0.05) is 13.8 Å². The molecular weight excluding hydrogens is 431 g/mol. The summed E-state index contributed by atoms with van der Waals surface area (Å²) in [6.07, 6.45) is 9.34. The first-order chi connectivity index (χ1) is 16.5. The third-order valence-corrected chi connectivity index (χ3v) is 7.49. The van der Waals surface area contributed by atoms with Crippen molar-refractivity contribution in [3.63, 3.8) is 0 Å². The summed E-state index contributed by atoms with van der Waals surface area (Å²) in [7, 11) is 0. The van der Waals surface area contributed by atoms with Crippen LogP contribution in [0.15, 0.2) is 24.8 Å². The lowest BCUT2D eigenvalue weighted by atomic mass is 9.82. The van der Waals surface area contributed by atoms with Gasteiger partial charge in [-0.15, -0.1) is 0 Å². The Morgan fingerprint density at radius 2 is 1.94 bits per heavy atom. The first kappa shape index (κ1) is 21.7. The molecule has 0 atom stereocenters.